The number of carbonyl (C=O) groups is 1. The van der Waals surface area contributed by atoms with Crippen LogP contribution in [-0.4, -0.2) is 15.4 Å². The van der Waals surface area contributed by atoms with Gasteiger partial charge in [-0.1, -0.05) is 36.4 Å². The zero-order chi connectivity index (χ0) is 15.4. The van der Waals surface area contributed by atoms with Crippen molar-refractivity contribution in [2.75, 3.05) is 0 Å². The van der Waals surface area contributed by atoms with Gasteiger partial charge >= 0.3 is 0 Å². The quantitative estimate of drug-likeness (QED) is 0.394. The van der Waals surface area contributed by atoms with E-state index in [9.17, 15) is 4.79 Å². The van der Waals surface area contributed by atoms with E-state index in [1.807, 2.05) is 24.3 Å². The summed E-state index contributed by atoms with van der Waals surface area (Å²) in [4.78, 5) is 12.2. The van der Waals surface area contributed by atoms with E-state index in [0.29, 0.717) is 0 Å². The van der Waals surface area contributed by atoms with Crippen LogP contribution in [0.15, 0.2) is 59.5 Å². The monoisotopic (exact) mass is 312 g/mol. The maximum Gasteiger partial charge on any atom is 0.267 e. The van der Waals surface area contributed by atoms with Gasteiger partial charge in [-0.3, -0.25) is 10.0 Å². The van der Waals surface area contributed by atoms with E-state index in [4.69, 9.17) is 5.21 Å². The van der Waals surface area contributed by atoms with E-state index < -0.39 is 5.91 Å². The van der Waals surface area contributed by atoms with Crippen LogP contribution in [-0.2, 0) is 17.9 Å². The number of carbonyl (C=O) groups excluding carboxylic acids is 1. The van der Waals surface area contributed by atoms with Gasteiger partial charge in [0.1, 0.15) is 0 Å². The summed E-state index contributed by atoms with van der Waals surface area (Å²) in [7, 11) is 0. The van der Waals surface area contributed by atoms with Gasteiger partial charge in [0, 0.05) is 24.1 Å². The van der Waals surface area contributed by atoms with Gasteiger partial charge in [0.15, 0.2) is 0 Å². The van der Waals surface area contributed by atoms with Crippen LogP contribution in [0.25, 0.3) is 6.08 Å². The molecule has 1 heterocycles. The lowest BCUT2D eigenvalue weighted by atomic mass is 10.1. The minimum atomic E-state index is -0.526. The number of nitrogens with zero attached hydrogens (tertiary/aromatic N) is 1. The molecular formula is C17H16N2O2S. The second-order valence-electron chi connectivity index (χ2n) is 5.04. The average molecular weight is 312 g/mol. The molecule has 0 unspecified atom stereocenters. The number of amides is 1. The molecule has 0 radical (unpaired) electrons. The number of benzene rings is 2. The second-order valence-corrected chi connectivity index (χ2v) is 6.21. The fraction of sp³-hybridized carbons (Fsp3) is 0.118. The molecule has 0 saturated carbocycles. The molecule has 22 heavy (non-hydrogen) atoms. The minimum Gasteiger partial charge on any atom is -0.288 e. The van der Waals surface area contributed by atoms with Crippen LogP contribution in [0.1, 0.15) is 16.7 Å². The third-order valence-corrected chi connectivity index (χ3v) is 4.44. The molecule has 3 rings (SSSR count). The smallest absolute Gasteiger partial charge is 0.267 e. The van der Waals surface area contributed by atoms with E-state index in [1.165, 1.54) is 22.1 Å². The summed E-state index contributed by atoms with van der Waals surface area (Å²) in [5, 5.41) is 8.48. The highest BCUT2D eigenvalue weighted by atomic mass is 32.2. The minimum absolute atomic E-state index is 0.526. The molecular weight excluding hydrogens is 296 g/mol. The van der Waals surface area contributed by atoms with Gasteiger partial charge in [0.2, 0.25) is 0 Å². The molecule has 0 aliphatic carbocycles. The largest absolute Gasteiger partial charge is 0.288 e. The van der Waals surface area contributed by atoms with Crippen LogP contribution in [0, 0.1) is 0 Å². The number of hydrogen-bond acceptors (Lipinski definition) is 4. The molecule has 1 amide bonds. The van der Waals surface area contributed by atoms with Crippen molar-refractivity contribution in [3.05, 3.63) is 71.3 Å². The van der Waals surface area contributed by atoms with Crippen LogP contribution in [0.4, 0.5) is 0 Å². The Balaban J connectivity index is 1.68. The van der Waals surface area contributed by atoms with Crippen LogP contribution >= 0.6 is 11.9 Å². The van der Waals surface area contributed by atoms with Gasteiger partial charge < -0.3 is 0 Å². The Morgan fingerprint density at radius 2 is 1.91 bits per heavy atom. The summed E-state index contributed by atoms with van der Waals surface area (Å²) < 4.78 is 2.31. The number of hydrogen-bond donors (Lipinski definition) is 2. The molecule has 2 aromatic carbocycles. The van der Waals surface area contributed by atoms with Gasteiger partial charge in [-0.05, 0) is 46.8 Å². The van der Waals surface area contributed by atoms with Crippen molar-refractivity contribution in [2.45, 2.75) is 18.0 Å². The Morgan fingerprint density at radius 1 is 1.14 bits per heavy atom. The Kier molecular flexibility index (Phi) is 4.58. The van der Waals surface area contributed by atoms with Gasteiger partial charge in [-0.25, -0.2) is 9.79 Å². The Labute approximate surface area is 133 Å². The Hall–Kier alpha value is -2.08. The number of nitrogens with one attached hydrogen (secondary N) is 1. The van der Waals surface area contributed by atoms with Crippen molar-refractivity contribution in [3.63, 3.8) is 0 Å². The molecule has 5 heteroatoms. The standard InChI is InChI=1S/C17H16N2O2S/c20-17(18-21)9-7-13-6-8-14-11-19(12-15(14)10-13)22-16-4-2-1-3-5-16/h1-10,21H,11-12H2,(H,18,20)/b9-7+. The van der Waals surface area contributed by atoms with E-state index >= 15 is 0 Å². The third kappa shape index (κ3) is 3.57. The first-order chi connectivity index (χ1) is 10.7. The lowest BCUT2D eigenvalue weighted by Crippen LogP contribution is -2.14. The summed E-state index contributed by atoms with van der Waals surface area (Å²) >= 11 is 1.75. The van der Waals surface area contributed by atoms with E-state index in [2.05, 4.69) is 28.6 Å². The molecule has 2 aromatic rings. The first kappa shape index (κ1) is 14.8. The highest BCUT2D eigenvalue weighted by Crippen LogP contribution is 2.33. The molecule has 4 nitrogen and oxygen atoms in total. The van der Waals surface area contributed by atoms with Crippen molar-refractivity contribution in [1.29, 1.82) is 0 Å². The molecule has 0 bridgehead atoms. The normalized spacial score (nSPS) is 14.2. The topological polar surface area (TPSA) is 52.6 Å². The fourth-order valence-corrected chi connectivity index (χ4v) is 3.38. The maximum absolute atomic E-state index is 11.0. The summed E-state index contributed by atoms with van der Waals surface area (Å²) in [6, 6.07) is 16.5. The van der Waals surface area contributed by atoms with Crippen LogP contribution < -0.4 is 5.48 Å². The Morgan fingerprint density at radius 3 is 2.68 bits per heavy atom. The first-order valence-electron chi connectivity index (χ1n) is 6.96. The van der Waals surface area contributed by atoms with Gasteiger partial charge in [-0.15, -0.1) is 0 Å². The molecule has 0 spiro atoms. The molecule has 112 valence electrons. The predicted molar refractivity (Wildman–Crippen MR) is 87.0 cm³/mol. The molecule has 0 saturated heterocycles. The highest BCUT2D eigenvalue weighted by molar-refractivity contribution is 7.97. The van der Waals surface area contributed by atoms with Crippen molar-refractivity contribution in [3.8, 4) is 0 Å². The van der Waals surface area contributed by atoms with E-state index in [-0.39, 0.29) is 0 Å². The fourth-order valence-electron chi connectivity index (χ4n) is 2.39. The second kappa shape index (κ2) is 6.79. The summed E-state index contributed by atoms with van der Waals surface area (Å²) in [5.41, 5.74) is 5.12. The Bertz CT molecular complexity index is 701. The van der Waals surface area contributed by atoms with E-state index in [0.717, 1.165) is 18.7 Å². The number of hydroxylamine groups is 1. The van der Waals surface area contributed by atoms with E-state index in [1.54, 1.807) is 23.5 Å². The van der Waals surface area contributed by atoms with Crippen molar-refractivity contribution < 1.29 is 10.0 Å². The lowest BCUT2D eigenvalue weighted by Gasteiger charge is -2.12. The average Bonchev–Trinajstić information content (AvgIpc) is 2.94. The lowest BCUT2D eigenvalue weighted by molar-refractivity contribution is -0.124. The molecule has 0 atom stereocenters. The maximum atomic E-state index is 11.0. The molecule has 1 aliphatic rings. The van der Waals surface area contributed by atoms with Gasteiger partial charge in [0.25, 0.3) is 5.91 Å². The molecule has 0 aromatic heterocycles. The molecule has 1 aliphatic heterocycles. The summed E-state index contributed by atoms with van der Waals surface area (Å²) in [6.45, 7) is 1.79. The van der Waals surface area contributed by atoms with Crippen LogP contribution in [0.2, 0.25) is 0 Å². The predicted octanol–water partition coefficient (Wildman–Crippen LogP) is 3.23. The zero-order valence-electron chi connectivity index (χ0n) is 11.9. The molecule has 2 N–H and O–H groups in total. The first-order valence-corrected chi connectivity index (χ1v) is 7.74. The third-order valence-electron chi connectivity index (χ3n) is 3.44. The van der Waals surface area contributed by atoms with Crippen molar-refractivity contribution in [1.82, 2.24) is 9.79 Å². The van der Waals surface area contributed by atoms with Crippen LogP contribution in [0.3, 0.4) is 0 Å². The number of rotatable bonds is 4. The van der Waals surface area contributed by atoms with Crippen molar-refractivity contribution >= 4 is 23.9 Å². The van der Waals surface area contributed by atoms with Gasteiger partial charge in [0.05, 0.1) is 0 Å². The summed E-state index contributed by atoms with van der Waals surface area (Å²) in [5.74, 6) is -0.526. The van der Waals surface area contributed by atoms with Crippen LogP contribution in [0.5, 0.6) is 0 Å². The number of fused-ring (bicyclic) bond motifs is 1. The highest BCUT2D eigenvalue weighted by Gasteiger charge is 2.19. The zero-order valence-corrected chi connectivity index (χ0v) is 12.7. The van der Waals surface area contributed by atoms with Crippen molar-refractivity contribution in [2.24, 2.45) is 0 Å². The summed E-state index contributed by atoms with van der Waals surface area (Å²) in [6.07, 6.45) is 3.01. The SMILES string of the molecule is O=C(/C=C/c1ccc2c(c1)CN(Sc1ccccc1)C2)NO. The molecule has 0 fully saturated rings. The van der Waals surface area contributed by atoms with Gasteiger partial charge in [-0.2, -0.15) is 0 Å².